The molecule has 1 aliphatic heterocycles. The van der Waals surface area contributed by atoms with Crippen LogP contribution in [0.25, 0.3) is 17.4 Å². The summed E-state index contributed by atoms with van der Waals surface area (Å²) in [6, 6.07) is 6.71. The fourth-order valence-electron chi connectivity index (χ4n) is 2.41. The molecule has 1 aliphatic rings. The molecule has 0 radical (unpaired) electrons. The lowest BCUT2D eigenvalue weighted by Gasteiger charge is -2.05. The predicted molar refractivity (Wildman–Crippen MR) is 91.7 cm³/mol. The first-order valence-corrected chi connectivity index (χ1v) is 7.82. The van der Waals surface area contributed by atoms with Gasteiger partial charge in [-0.25, -0.2) is 0 Å². The minimum atomic E-state index is -0.408. The molecule has 0 bridgehead atoms. The second kappa shape index (κ2) is 5.97. The summed E-state index contributed by atoms with van der Waals surface area (Å²) < 4.78 is 5.74. The number of nitrogens with one attached hydrogen (secondary N) is 2. The van der Waals surface area contributed by atoms with Gasteiger partial charge in [-0.05, 0) is 49.4 Å². The lowest BCUT2D eigenvalue weighted by molar-refractivity contribution is -0.385. The predicted octanol–water partition coefficient (Wildman–Crippen LogP) is 3.61. The number of nitrogens with zero attached hydrogens (tertiary/aromatic N) is 1. The number of rotatable bonds is 3. The lowest BCUT2D eigenvalue weighted by atomic mass is 10.0. The van der Waals surface area contributed by atoms with E-state index in [1.54, 1.807) is 38.1 Å². The van der Waals surface area contributed by atoms with Crippen molar-refractivity contribution in [2.45, 2.75) is 13.8 Å². The maximum Gasteiger partial charge on any atom is 0.272 e. The summed E-state index contributed by atoms with van der Waals surface area (Å²) in [6.45, 7) is 3.46. The highest BCUT2D eigenvalue weighted by Gasteiger charge is 2.23. The maximum atomic E-state index is 11.6. The third-order valence-corrected chi connectivity index (χ3v) is 4.40. The van der Waals surface area contributed by atoms with Gasteiger partial charge in [0, 0.05) is 23.3 Å². The fraction of sp³-hybridized carbons (Fsp3) is 0.125. The first kappa shape index (κ1) is 16.0. The van der Waals surface area contributed by atoms with Gasteiger partial charge in [-0.15, -0.1) is 0 Å². The molecule has 1 aromatic carbocycles. The normalized spacial score (nSPS) is 15.8. The van der Waals surface area contributed by atoms with Crippen LogP contribution in [-0.4, -0.2) is 16.0 Å². The largest absolute Gasteiger partial charge is 0.457 e. The van der Waals surface area contributed by atoms with Crippen molar-refractivity contribution in [2.75, 3.05) is 0 Å². The third-order valence-electron chi connectivity index (χ3n) is 3.57. The molecule has 7 nitrogen and oxygen atoms in total. The molecule has 2 aromatic rings. The third kappa shape index (κ3) is 2.95. The van der Waals surface area contributed by atoms with E-state index in [0.717, 1.165) is 22.9 Å². The van der Waals surface area contributed by atoms with E-state index in [4.69, 9.17) is 9.83 Å². The van der Waals surface area contributed by atoms with E-state index in [1.165, 1.54) is 6.07 Å². The number of thioether (sulfide) groups is 1. The van der Waals surface area contributed by atoms with Gasteiger partial charge in [-0.3, -0.25) is 20.3 Å². The number of aryl methyl sites for hydroxylation is 2. The van der Waals surface area contributed by atoms with Crippen molar-refractivity contribution in [3.8, 4) is 11.3 Å². The Balaban J connectivity index is 1.96. The summed E-state index contributed by atoms with van der Waals surface area (Å²) in [5, 5.41) is 20.9. The summed E-state index contributed by atoms with van der Waals surface area (Å²) in [4.78, 5) is 22.6. The minimum Gasteiger partial charge on any atom is -0.457 e. The standard InChI is InChI=1S/C16H13N3O4S/c1-8-6-12(19(21)22)9(2)5-11(8)13-4-3-10(23-13)7-14-15(20)18-16(17)24-14/h3-7H,1-2H3,(H2,17,18,20)/b14-7-. The average molecular weight is 343 g/mol. The quantitative estimate of drug-likeness (QED) is 0.502. The number of nitro benzene ring substituents is 1. The van der Waals surface area contributed by atoms with Crippen molar-refractivity contribution in [3.05, 3.63) is 56.2 Å². The molecule has 0 spiro atoms. The number of amides is 1. The molecule has 122 valence electrons. The van der Waals surface area contributed by atoms with Gasteiger partial charge >= 0.3 is 0 Å². The molecule has 1 amide bonds. The molecule has 0 saturated carbocycles. The summed E-state index contributed by atoms with van der Waals surface area (Å²) in [7, 11) is 0. The number of nitro groups is 1. The van der Waals surface area contributed by atoms with Crippen LogP contribution in [0, 0.1) is 29.4 Å². The van der Waals surface area contributed by atoms with Crippen molar-refractivity contribution in [1.29, 1.82) is 5.41 Å². The van der Waals surface area contributed by atoms with Crippen LogP contribution >= 0.6 is 11.8 Å². The van der Waals surface area contributed by atoms with Crippen molar-refractivity contribution in [3.63, 3.8) is 0 Å². The first-order valence-electron chi connectivity index (χ1n) is 7.00. The van der Waals surface area contributed by atoms with Gasteiger partial charge in [0.05, 0.1) is 9.83 Å². The maximum absolute atomic E-state index is 11.6. The van der Waals surface area contributed by atoms with Crippen molar-refractivity contribution in [2.24, 2.45) is 0 Å². The van der Waals surface area contributed by atoms with E-state index in [1.807, 2.05) is 0 Å². The first-order chi connectivity index (χ1) is 11.3. The van der Waals surface area contributed by atoms with Crippen LogP contribution in [0.2, 0.25) is 0 Å². The molecule has 2 N–H and O–H groups in total. The van der Waals surface area contributed by atoms with Gasteiger partial charge in [0.15, 0.2) is 5.17 Å². The molecule has 1 fully saturated rings. The highest BCUT2D eigenvalue weighted by atomic mass is 32.2. The highest BCUT2D eigenvalue weighted by Crippen LogP contribution is 2.32. The van der Waals surface area contributed by atoms with Gasteiger partial charge in [0.1, 0.15) is 11.5 Å². The van der Waals surface area contributed by atoms with Crippen LogP contribution in [0.15, 0.2) is 33.6 Å². The second-order valence-electron chi connectivity index (χ2n) is 5.31. The van der Waals surface area contributed by atoms with E-state index in [9.17, 15) is 14.9 Å². The van der Waals surface area contributed by atoms with Crippen LogP contribution in [0.3, 0.4) is 0 Å². The second-order valence-corrected chi connectivity index (χ2v) is 6.36. The smallest absolute Gasteiger partial charge is 0.272 e. The zero-order valence-corrected chi connectivity index (χ0v) is 13.7. The van der Waals surface area contributed by atoms with Crippen LogP contribution in [-0.2, 0) is 4.79 Å². The van der Waals surface area contributed by atoms with Gasteiger partial charge in [0.2, 0.25) is 0 Å². The van der Waals surface area contributed by atoms with Crippen LogP contribution < -0.4 is 5.32 Å². The van der Waals surface area contributed by atoms with Crippen molar-refractivity contribution in [1.82, 2.24) is 5.32 Å². The van der Waals surface area contributed by atoms with Gasteiger partial charge in [-0.1, -0.05) is 0 Å². The molecule has 1 saturated heterocycles. The molecule has 0 unspecified atom stereocenters. The molecule has 1 aromatic heterocycles. The summed E-state index contributed by atoms with van der Waals surface area (Å²) in [5.74, 6) is 0.717. The fourth-order valence-corrected chi connectivity index (χ4v) is 3.09. The molecular formula is C16H13N3O4S. The Bertz CT molecular complexity index is 914. The van der Waals surface area contributed by atoms with E-state index >= 15 is 0 Å². The monoisotopic (exact) mass is 343 g/mol. The van der Waals surface area contributed by atoms with E-state index in [0.29, 0.717) is 22.0 Å². The Morgan fingerprint density at radius 2 is 2.04 bits per heavy atom. The zero-order chi connectivity index (χ0) is 17.4. The summed E-state index contributed by atoms with van der Waals surface area (Å²) in [6.07, 6.45) is 1.57. The average Bonchev–Trinajstić information content (AvgIpc) is 3.08. The molecule has 0 aliphatic carbocycles. The summed E-state index contributed by atoms with van der Waals surface area (Å²) >= 11 is 1.03. The number of carbonyl (C=O) groups excluding carboxylic acids is 1. The van der Waals surface area contributed by atoms with E-state index in [-0.39, 0.29) is 16.8 Å². The zero-order valence-electron chi connectivity index (χ0n) is 12.9. The number of hydrogen-bond donors (Lipinski definition) is 2. The lowest BCUT2D eigenvalue weighted by Crippen LogP contribution is -2.18. The number of benzene rings is 1. The van der Waals surface area contributed by atoms with Crippen LogP contribution in [0.5, 0.6) is 0 Å². The number of amidine groups is 1. The SMILES string of the molecule is Cc1cc([N+](=O)[O-])c(C)cc1-c1ccc(/C=C2\SC(=N)NC2=O)o1. The molecule has 8 heteroatoms. The molecule has 0 atom stereocenters. The summed E-state index contributed by atoms with van der Waals surface area (Å²) in [5.41, 5.74) is 2.12. The minimum absolute atomic E-state index is 0.0719. The Hall–Kier alpha value is -2.87. The van der Waals surface area contributed by atoms with Gasteiger partial charge in [-0.2, -0.15) is 0 Å². The Morgan fingerprint density at radius 3 is 2.67 bits per heavy atom. The van der Waals surface area contributed by atoms with Crippen molar-refractivity contribution < 1.29 is 14.1 Å². The molecule has 2 heterocycles. The number of furan rings is 1. The molecular weight excluding hydrogens is 330 g/mol. The van der Waals surface area contributed by atoms with E-state index < -0.39 is 4.92 Å². The van der Waals surface area contributed by atoms with E-state index in [2.05, 4.69) is 5.32 Å². The topological polar surface area (TPSA) is 109 Å². The van der Waals surface area contributed by atoms with Crippen LogP contribution in [0.1, 0.15) is 16.9 Å². The molecule has 3 rings (SSSR count). The Labute approximate surface area is 141 Å². The highest BCUT2D eigenvalue weighted by molar-refractivity contribution is 8.18. The van der Waals surface area contributed by atoms with Crippen LogP contribution in [0.4, 0.5) is 5.69 Å². The molecule has 24 heavy (non-hydrogen) atoms. The van der Waals surface area contributed by atoms with Gasteiger partial charge < -0.3 is 9.73 Å². The Kier molecular flexibility index (Phi) is 3.98. The van der Waals surface area contributed by atoms with Gasteiger partial charge in [0.25, 0.3) is 11.6 Å². The number of carbonyl (C=O) groups is 1. The van der Waals surface area contributed by atoms with Crippen molar-refractivity contribution >= 4 is 34.6 Å². The Morgan fingerprint density at radius 1 is 1.29 bits per heavy atom. The number of hydrogen-bond acceptors (Lipinski definition) is 6.